The van der Waals surface area contributed by atoms with Gasteiger partial charge in [0.15, 0.2) is 0 Å². The van der Waals surface area contributed by atoms with Crippen LogP contribution in [0.1, 0.15) is 18.5 Å². The molecule has 0 aliphatic heterocycles. The number of hydrogen-bond donors (Lipinski definition) is 0. The van der Waals surface area contributed by atoms with E-state index in [4.69, 9.17) is 6.42 Å². The van der Waals surface area contributed by atoms with Crippen molar-refractivity contribution < 1.29 is 0 Å². The summed E-state index contributed by atoms with van der Waals surface area (Å²) in [4.78, 5) is 0. The number of aryl methyl sites for hydroxylation is 1. The number of halogens is 1. The first-order valence-electron chi connectivity index (χ1n) is 3.86. The van der Waals surface area contributed by atoms with E-state index in [-0.39, 0.29) is 5.41 Å². The highest BCUT2D eigenvalue weighted by Crippen LogP contribution is 2.47. The van der Waals surface area contributed by atoms with Crippen molar-refractivity contribution in [2.75, 3.05) is 0 Å². The predicted molar refractivity (Wildman–Crippen MR) is 50.7 cm³/mol. The summed E-state index contributed by atoms with van der Waals surface area (Å²) in [6, 6.07) is 2.01. The van der Waals surface area contributed by atoms with Crippen molar-refractivity contribution in [3.8, 4) is 12.3 Å². The molecule has 0 unspecified atom stereocenters. The molecule has 1 aliphatic rings. The van der Waals surface area contributed by atoms with Crippen LogP contribution in [0.25, 0.3) is 0 Å². The third kappa shape index (κ3) is 0.987. The van der Waals surface area contributed by atoms with E-state index >= 15 is 0 Å². The molecule has 0 aromatic carbocycles. The summed E-state index contributed by atoms with van der Waals surface area (Å²) in [5.74, 6) is 2.84. The molecule has 0 N–H and O–H groups in total. The largest absolute Gasteiger partial charge is 0.270 e. The average molecular weight is 225 g/mol. The maximum absolute atomic E-state index is 5.47. The predicted octanol–water partition coefficient (Wildman–Crippen LogP) is 1.85. The van der Waals surface area contributed by atoms with E-state index in [9.17, 15) is 0 Å². The van der Waals surface area contributed by atoms with Crippen LogP contribution in [0, 0.1) is 12.3 Å². The Bertz CT molecular complexity index is 355. The Morgan fingerprint density at radius 1 is 1.75 bits per heavy atom. The third-order valence-corrected chi connectivity index (χ3v) is 2.75. The van der Waals surface area contributed by atoms with Crippen LogP contribution in [0.4, 0.5) is 0 Å². The molecule has 3 heteroatoms. The monoisotopic (exact) mass is 224 g/mol. The van der Waals surface area contributed by atoms with Gasteiger partial charge in [0.05, 0.1) is 11.1 Å². The van der Waals surface area contributed by atoms with Gasteiger partial charge >= 0.3 is 0 Å². The SMILES string of the molecule is C#CC1(c2cc(Br)nn2C)CC1. The van der Waals surface area contributed by atoms with Gasteiger partial charge in [-0.2, -0.15) is 5.10 Å². The fourth-order valence-corrected chi connectivity index (χ4v) is 1.93. The van der Waals surface area contributed by atoms with E-state index < -0.39 is 0 Å². The maximum Gasteiger partial charge on any atom is 0.128 e. The van der Waals surface area contributed by atoms with Gasteiger partial charge in [-0.1, -0.05) is 5.92 Å². The Labute approximate surface area is 80.1 Å². The molecule has 0 spiro atoms. The normalized spacial score (nSPS) is 18.8. The second kappa shape index (κ2) is 2.37. The lowest BCUT2D eigenvalue weighted by Crippen LogP contribution is -2.09. The van der Waals surface area contributed by atoms with Crippen LogP contribution in [0.15, 0.2) is 10.7 Å². The molecule has 12 heavy (non-hydrogen) atoms. The summed E-state index contributed by atoms with van der Waals surface area (Å²) in [7, 11) is 1.93. The zero-order valence-electron chi connectivity index (χ0n) is 6.84. The highest BCUT2D eigenvalue weighted by molar-refractivity contribution is 9.10. The molecule has 1 aromatic heterocycles. The first-order valence-corrected chi connectivity index (χ1v) is 4.65. The van der Waals surface area contributed by atoms with Gasteiger partial charge in [0.2, 0.25) is 0 Å². The van der Waals surface area contributed by atoms with E-state index in [1.807, 2.05) is 17.8 Å². The minimum absolute atomic E-state index is 0.00618. The smallest absolute Gasteiger partial charge is 0.128 e. The van der Waals surface area contributed by atoms with E-state index in [0.29, 0.717) is 0 Å². The Hall–Kier alpha value is -0.750. The molecule has 0 atom stereocenters. The van der Waals surface area contributed by atoms with E-state index in [0.717, 1.165) is 23.1 Å². The minimum atomic E-state index is -0.00618. The van der Waals surface area contributed by atoms with Gasteiger partial charge in [0.1, 0.15) is 4.60 Å². The van der Waals surface area contributed by atoms with Crippen LogP contribution in [0.5, 0.6) is 0 Å². The number of aromatic nitrogens is 2. The van der Waals surface area contributed by atoms with Crippen LogP contribution in [0.3, 0.4) is 0 Å². The van der Waals surface area contributed by atoms with Crippen molar-refractivity contribution in [3.63, 3.8) is 0 Å². The second-order valence-corrected chi connectivity index (χ2v) is 4.01. The summed E-state index contributed by atoms with van der Waals surface area (Å²) in [5, 5.41) is 4.20. The lowest BCUT2D eigenvalue weighted by atomic mass is 10.0. The van der Waals surface area contributed by atoms with E-state index in [1.54, 1.807) is 0 Å². The summed E-state index contributed by atoms with van der Waals surface area (Å²) in [6.45, 7) is 0. The lowest BCUT2D eigenvalue weighted by Gasteiger charge is -2.06. The molecule has 0 radical (unpaired) electrons. The zero-order valence-corrected chi connectivity index (χ0v) is 8.43. The summed E-state index contributed by atoms with van der Waals surface area (Å²) in [6.07, 6.45) is 7.66. The molecular weight excluding hydrogens is 216 g/mol. The second-order valence-electron chi connectivity index (χ2n) is 3.20. The highest BCUT2D eigenvalue weighted by atomic mass is 79.9. The van der Waals surface area contributed by atoms with E-state index in [2.05, 4.69) is 26.9 Å². The van der Waals surface area contributed by atoms with Crippen LogP contribution in [-0.4, -0.2) is 9.78 Å². The number of terminal acetylenes is 1. The van der Waals surface area contributed by atoms with Gasteiger partial charge in [0.25, 0.3) is 0 Å². The first kappa shape index (κ1) is 7.88. The zero-order chi connectivity index (χ0) is 8.77. The van der Waals surface area contributed by atoms with Crippen molar-refractivity contribution in [1.82, 2.24) is 9.78 Å². The van der Waals surface area contributed by atoms with Crippen LogP contribution >= 0.6 is 15.9 Å². The van der Waals surface area contributed by atoms with Gasteiger partial charge in [-0.25, -0.2) is 0 Å². The van der Waals surface area contributed by atoms with Gasteiger partial charge in [0, 0.05) is 7.05 Å². The molecule has 1 aliphatic carbocycles. The third-order valence-electron chi connectivity index (χ3n) is 2.37. The summed E-state index contributed by atoms with van der Waals surface area (Å²) in [5.41, 5.74) is 1.14. The molecule has 62 valence electrons. The van der Waals surface area contributed by atoms with Crippen LogP contribution in [0.2, 0.25) is 0 Å². The Kier molecular flexibility index (Phi) is 1.55. The molecule has 1 heterocycles. The van der Waals surface area contributed by atoms with Crippen molar-refractivity contribution in [3.05, 3.63) is 16.4 Å². The average Bonchev–Trinajstić information content (AvgIpc) is 2.74. The molecule has 0 saturated heterocycles. The van der Waals surface area contributed by atoms with Crippen molar-refractivity contribution in [1.29, 1.82) is 0 Å². The molecule has 2 nitrogen and oxygen atoms in total. The minimum Gasteiger partial charge on any atom is -0.270 e. The van der Waals surface area contributed by atoms with Crippen LogP contribution < -0.4 is 0 Å². The fourth-order valence-electron chi connectivity index (χ4n) is 1.48. The molecule has 2 rings (SSSR count). The lowest BCUT2D eigenvalue weighted by molar-refractivity contribution is 0.676. The number of nitrogens with zero attached hydrogens (tertiary/aromatic N) is 2. The molecular formula is C9H9BrN2. The standard InChI is InChI=1S/C9H9BrN2/c1-3-9(4-5-9)7-6-8(10)11-12(7)2/h1,6H,4-5H2,2H3. The number of rotatable bonds is 1. The number of hydrogen-bond acceptors (Lipinski definition) is 1. The highest BCUT2D eigenvalue weighted by Gasteiger charge is 2.45. The van der Waals surface area contributed by atoms with Crippen LogP contribution in [-0.2, 0) is 12.5 Å². The summed E-state index contributed by atoms with van der Waals surface area (Å²) >= 11 is 3.33. The van der Waals surface area contributed by atoms with Gasteiger partial charge < -0.3 is 0 Å². The Morgan fingerprint density at radius 2 is 2.42 bits per heavy atom. The molecule has 1 saturated carbocycles. The molecule has 0 bridgehead atoms. The van der Waals surface area contributed by atoms with Gasteiger partial charge in [-0.3, -0.25) is 4.68 Å². The molecule has 1 aromatic rings. The maximum atomic E-state index is 5.47. The molecule has 1 fully saturated rings. The topological polar surface area (TPSA) is 17.8 Å². The Morgan fingerprint density at radius 3 is 2.75 bits per heavy atom. The summed E-state index contributed by atoms with van der Waals surface area (Å²) < 4.78 is 2.72. The first-order chi connectivity index (χ1) is 5.68. The Balaban J connectivity index is 2.48. The van der Waals surface area contributed by atoms with E-state index in [1.165, 1.54) is 0 Å². The van der Waals surface area contributed by atoms with Crippen molar-refractivity contribution in [2.24, 2.45) is 7.05 Å². The van der Waals surface area contributed by atoms with Gasteiger partial charge in [-0.05, 0) is 34.8 Å². The van der Waals surface area contributed by atoms with Crippen molar-refractivity contribution in [2.45, 2.75) is 18.3 Å². The van der Waals surface area contributed by atoms with Gasteiger partial charge in [-0.15, -0.1) is 6.42 Å². The molecule has 0 amide bonds. The fraction of sp³-hybridized carbons (Fsp3) is 0.444. The van der Waals surface area contributed by atoms with Crippen molar-refractivity contribution >= 4 is 15.9 Å². The quantitative estimate of drug-likeness (QED) is 0.667.